The molecule has 8 nitrogen and oxygen atoms in total. The Morgan fingerprint density at radius 3 is 2.67 bits per heavy atom. The molecule has 0 bridgehead atoms. The van der Waals surface area contributed by atoms with Crippen molar-refractivity contribution < 1.29 is 28.5 Å². The molecule has 0 unspecified atom stereocenters. The number of hydrogen-bond donors (Lipinski definition) is 1. The maximum atomic E-state index is 12.9. The lowest BCUT2D eigenvalue weighted by atomic mass is 10.1. The number of rotatable bonds is 5. The van der Waals surface area contributed by atoms with Crippen LogP contribution in [0.5, 0.6) is 11.6 Å². The molecule has 3 rings (SSSR count). The molecule has 1 aliphatic heterocycles. The quantitative estimate of drug-likeness (QED) is 0.583. The van der Waals surface area contributed by atoms with E-state index in [9.17, 15) is 9.59 Å². The van der Waals surface area contributed by atoms with E-state index in [1.165, 1.54) is 0 Å². The van der Waals surface area contributed by atoms with Crippen LogP contribution in [-0.2, 0) is 14.3 Å². The maximum absolute atomic E-state index is 12.9. The van der Waals surface area contributed by atoms with E-state index in [1.807, 2.05) is 18.2 Å². The van der Waals surface area contributed by atoms with Gasteiger partial charge in [0.1, 0.15) is 11.4 Å². The lowest BCUT2D eigenvalue weighted by molar-refractivity contribution is -0.161. The van der Waals surface area contributed by atoms with Gasteiger partial charge in [0.05, 0.1) is 7.11 Å². The van der Waals surface area contributed by atoms with E-state index in [0.29, 0.717) is 30.5 Å². The van der Waals surface area contributed by atoms with Gasteiger partial charge >= 0.3 is 12.1 Å². The van der Waals surface area contributed by atoms with Gasteiger partial charge in [0.15, 0.2) is 0 Å². The van der Waals surface area contributed by atoms with Gasteiger partial charge in [-0.1, -0.05) is 12.7 Å². The van der Waals surface area contributed by atoms with E-state index >= 15 is 0 Å². The average molecular weight is 414 g/mol. The molecule has 0 aliphatic carbocycles. The first kappa shape index (κ1) is 21.6. The van der Waals surface area contributed by atoms with E-state index in [4.69, 9.17) is 18.9 Å². The summed E-state index contributed by atoms with van der Waals surface area (Å²) in [6.45, 7) is 9.39. The number of benzene rings is 1. The summed E-state index contributed by atoms with van der Waals surface area (Å²) >= 11 is 0. The number of aromatic nitrogens is 1. The van der Waals surface area contributed by atoms with Crippen LogP contribution in [0.1, 0.15) is 39.2 Å². The highest BCUT2D eigenvalue weighted by Crippen LogP contribution is 2.34. The van der Waals surface area contributed by atoms with E-state index in [0.717, 1.165) is 10.9 Å². The fourth-order valence-corrected chi connectivity index (χ4v) is 3.22. The SMILES string of the molecule is C=Cc1cc2c(O[C@@]3(C(=O)OC(=O)OC(C)(C)C)CCCN3)nccc2cc1OC. The molecule has 0 amide bonds. The number of esters is 1. The van der Waals surface area contributed by atoms with Crippen LogP contribution < -0.4 is 14.8 Å². The van der Waals surface area contributed by atoms with Gasteiger partial charge in [-0.25, -0.2) is 14.6 Å². The predicted molar refractivity (Wildman–Crippen MR) is 111 cm³/mol. The maximum Gasteiger partial charge on any atom is 0.516 e. The number of hydrogen-bond acceptors (Lipinski definition) is 8. The van der Waals surface area contributed by atoms with E-state index in [2.05, 4.69) is 16.9 Å². The Hall–Kier alpha value is -3.13. The highest BCUT2D eigenvalue weighted by Gasteiger charge is 2.47. The number of pyridine rings is 1. The van der Waals surface area contributed by atoms with E-state index < -0.39 is 23.5 Å². The fraction of sp³-hybridized carbons (Fsp3) is 0.409. The van der Waals surface area contributed by atoms with Gasteiger partial charge in [-0.15, -0.1) is 0 Å². The lowest BCUT2D eigenvalue weighted by Gasteiger charge is -2.28. The highest BCUT2D eigenvalue weighted by atomic mass is 16.8. The molecular formula is C22H26N2O6. The first-order valence-electron chi connectivity index (χ1n) is 9.66. The first-order valence-corrected chi connectivity index (χ1v) is 9.66. The second-order valence-corrected chi connectivity index (χ2v) is 7.95. The number of ether oxygens (including phenoxy) is 4. The number of carbonyl (C=O) groups is 2. The van der Waals surface area contributed by atoms with Gasteiger partial charge in [-0.3, -0.25) is 5.32 Å². The number of nitrogens with zero attached hydrogens (tertiary/aromatic N) is 1. The van der Waals surface area contributed by atoms with Crippen molar-refractivity contribution in [2.75, 3.05) is 13.7 Å². The molecular weight excluding hydrogens is 388 g/mol. The standard InChI is InChI=1S/C22H26N2O6/c1-6-14-12-16-15(13-17(14)27-5)8-11-23-18(16)29-22(9-7-10-24-22)19(25)28-20(26)30-21(2,3)4/h6,8,11-13,24H,1,7,9-10H2,2-5H3/t22-/m1/s1. The Bertz CT molecular complexity index is 973. The van der Waals surface area contributed by atoms with Crippen molar-refractivity contribution in [1.82, 2.24) is 10.3 Å². The predicted octanol–water partition coefficient (Wildman–Crippen LogP) is 3.82. The van der Waals surface area contributed by atoms with Gasteiger partial charge < -0.3 is 18.9 Å². The van der Waals surface area contributed by atoms with Crippen LogP contribution in [0.3, 0.4) is 0 Å². The van der Waals surface area contributed by atoms with Crippen molar-refractivity contribution in [3.05, 3.63) is 36.5 Å². The van der Waals surface area contributed by atoms with Gasteiger partial charge in [0, 0.05) is 23.6 Å². The smallest absolute Gasteiger partial charge is 0.496 e. The van der Waals surface area contributed by atoms with Gasteiger partial charge in [0.2, 0.25) is 5.88 Å². The molecule has 0 spiro atoms. The Labute approximate surface area is 175 Å². The summed E-state index contributed by atoms with van der Waals surface area (Å²) in [5.41, 5.74) is -1.56. The Balaban J connectivity index is 1.93. The second-order valence-electron chi connectivity index (χ2n) is 7.95. The molecule has 1 aromatic heterocycles. The molecule has 0 radical (unpaired) electrons. The fourth-order valence-electron chi connectivity index (χ4n) is 3.22. The minimum absolute atomic E-state index is 0.230. The molecule has 0 saturated carbocycles. The van der Waals surface area contributed by atoms with Crippen molar-refractivity contribution >= 4 is 29.0 Å². The summed E-state index contributed by atoms with van der Waals surface area (Å²) in [6.07, 6.45) is 3.15. The van der Waals surface area contributed by atoms with Crippen LogP contribution in [0.4, 0.5) is 4.79 Å². The molecule has 1 N–H and O–H groups in total. The third-order valence-corrected chi connectivity index (χ3v) is 4.58. The molecule has 1 saturated heterocycles. The Morgan fingerprint density at radius 1 is 1.30 bits per heavy atom. The number of methoxy groups -OCH3 is 1. The number of carbonyl (C=O) groups excluding carboxylic acids is 2. The second kappa shape index (κ2) is 8.31. The third-order valence-electron chi connectivity index (χ3n) is 4.58. The average Bonchev–Trinajstić information content (AvgIpc) is 3.15. The Morgan fingerprint density at radius 2 is 2.07 bits per heavy atom. The highest BCUT2D eigenvalue weighted by molar-refractivity contribution is 5.92. The minimum atomic E-state index is -1.54. The van der Waals surface area contributed by atoms with E-state index in [-0.39, 0.29) is 5.88 Å². The topological polar surface area (TPSA) is 96.0 Å². The van der Waals surface area contributed by atoms with Gasteiger partial charge in [-0.2, -0.15) is 0 Å². The Kier molecular flexibility index (Phi) is 5.98. The zero-order valence-corrected chi connectivity index (χ0v) is 17.6. The molecule has 2 aromatic rings. The van der Waals surface area contributed by atoms with Crippen molar-refractivity contribution in [2.24, 2.45) is 0 Å². The summed E-state index contributed by atoms with van der Waals surface area (Å²) in [7, 11) is 1.58. The number of fused-ring (bicyclic) bond motifs is 1. The van der Waals surface area contributed by atoms with Gasteiger partial charge in [0.25, 0.3) is 5.72 Å². The van der Waals surface area contributed by atoms with Crippen LogP contribution in [0.2, 0.25) is 0 Å². The van der Waals surface area contributed by atoms with Crippen LogP contribution in [0.25, 0.3) is 16.8 Å². The summed E-state index contributed by atoms with van der Waals surface area (Å²) in [4.78, 5) is 29.2. The summed E-state index contributed by atoms with van der Waals surface area (Å²) < 4.78 is 21.5. The lowest BCUT2D eigenvalue weighted by Crippen LogP contribution is -2.54. The summed E-state index contributed by atoms with van der Waals surface area (Å²) in [5.74, 6) is 0.0204. The van der Waals surface area contributed by atoms with Gasteiger partial charge in [-0.05, 0) is 57.3 Å². The van der Waals surface area contributed by atoms with Crippen molar-refractivity contribution in [3.63, 3.8) is 0 Å². The molecule has 30 heavy (non-hydrogen) atoms. The number of nitrogens with one attached hydrogen (secondary N) is 1. The summed E-state index contributed by atoms with van der Waals surface area (Å²) in [6, 6.07) is 5.48. The normalized spacial score (nSPS) is 18.7. The molecule has 160 valence electrons. The molecule has 1 fully saturated rings. The molecule has 2 heterocycles. The zero-order chi connectivity index (χ0) is 21.9. The molecule has 1 atom stereocenters. The van der Waals surface area contributed by atoms with Crippen LogP contribution >= 0.6 is 0 Å². The van der Waals surface area contributed by atoms with Crippen molar-refractivity contribution in [3.8, 4) is 11.6 Å². The van der Waals surface area contributed by atoms with Crippen molar-refractivity contribution in [2.45, 2.75) is 44.9 Å². The van der Waals surface area contributed by atoms with Crippen LogP contribution in [0, 0.1) is 0 Å². The molecule has 1 aliphatic rings. The summed E-state index contributed by atoms with van der Waals surface area (Å²) in [5, 5.41) is 4.50. The monoisotopic (exact) mass is 414 g/mol. The minimum Gasteiger partial charge on any atom is -0.496 e. The first-order chi connectivity index (χ1) is 14.2. The molecule has 8 heteroatoms. The van der Waals surface area contributed by atoms with Crippen LogP contribution in [-0.4, -0.2) is 42.1 Å². The zero-order valence-electron chi connectivity index (χ0n) is 17.6. The van der Waals surface area contributed by atoms with Crippen molar-refractivity contribution in [1.29, 1.82) is 0 Å². The van der Waals surface area contributed by atoms with Crippen LogP contribution in [0.15, 0.2) is 31.0 Å². The van der Waals surface area contributed by atoms with E-state index in [1.54, 1.807) is 40.2 Å². The largest absolute Gasteiger partial charge is 0.516 e. The molecule has 1 aromatic carbocycles. The third kappa shape index (κ3) is 4.54.